The number of hydrogen-bond acceptors (Lipinski definition) is 3. The molecule has 4 heteroatoms. The van der Waals surface area contributed by atoms with Crippen molar-refractivity contribution in [3.8, 4) is 0 Å². The number of carbonyl (C=O) groups is 1. The zero-order chi connectivity index (χ0) is 11.3. The fraction of sp³-hybridized carbons (Fsp3) is 0.545. The van der Waals surface area contributed by atoms with Crippen LogP contribution in [0.5, 0.6) is 0 Å². The molecule has 0 aliphatic carbocycles. The first-order valence-electron chi connectivity index (χ1n) is 5.15. The minimum Gasteiger partial charge on any atom is -0.353 e. The van der Waals surface area contributed by atoms with E-state index in [1.165, 1.54) is 4.88 Å². The van der Waals surface area contributed by atoms with Gasteiger partial charge < -0.3 is 10.6 Å². The summed E-state index contributed by atoms with van der Waals surface area (Å²) in [6.07, 6.45) is 0. The van der Waals surface area contributed by atoms with Gasteiger partial charge in [0.1, 0.15) is 0 Å². The molecule has 1 atom stereocenters. The van der Waals surface area contributed by atoms with Gasteiger partial charge in [0.15, 0.2) is 0 Å². The van der Waals surface area contributed by atoms with Crippen LogP contribution < -0.4 is 10.6 Å². The fourth-order valence-corrected chi connectivity index (χ4v) is 2.02. The Balaban J connectivity index is 2.28. The SMILES string of the molecule is CC(C)NC(=O)CN[C@@H](C)c1cccs1. The number of thiophene rings is 1. The highest BCUT2D eigenvalue weighted by Crippen LogP contribution is 2.17. The lowest BCUT2D eigenvalue weighted by molar-refractivity contribution is -0.120. The molecule has 1 amide bonds. The van der Waals surface area contributed by atoms with E-state index in [0.717, 1.165) is 0 Å². The van der Waals surface area contributed by atoms with E-state index < -0.39 is 0 Å². The standard InChI is InChI=1S/C11H18N2OS/c1-8(2)13-11(14)7-12-9(3)10-5-4-6-15-10/h4-6,8-9,12H,7H2,1-3H3,(H,13,14)/t9-/m0/s1. The van der Waals surface area contributed by atoms with E-state index in [-0.39, 0.29) is 18.0 Å². The average molecular weight is 226 g/mol. The van der Waals surface area contributed by atoms with Crippen LogP contribution in [0.1, 0.15) is 31.7 Å². The molecule has 1 aromatic heterocycles. The van der Waals surface area contributed by atoms with Crippen LogP contribution in [0.2, 0.25) is 0 Å². The van der Waals surface area contributed by atoms with Crippen molar-refractivity contribution in [3.05, 3.63) is 22.4 Å². The second-order valence-electron chi connectivity index (χ2n) is 3.84. The number of hydrogen-bond donors (Lipinski definition) is 2. The maximum absolute atomic E-state index is 11.4. The lowest BCUT2D eigenvalue weighted by Gasteiger charge is -2.13. The summed E-state index contributed by atoms with van der Waals surface area (Å²) < 4.78 is 0. The predicted octanol–water partition coefficient (Wildman–Crippen LogP) is 1.92. The first-order chi connectivity index (χ1) is 7.09. The van der Waals surface area contributed by atoms with Gasteiger partial charge in [-0.05, 0) is 32.2 Å². The van der Waals surface area contributed by atoms with Gasteiger partial charge in [-0.3, -0.25) is 4.79 Å². The molecule has 0 aliphatic heterocycles. The molecule has 0 saturated carbocycles. The van der Waals surface area contributed by atoms with E-state index in [4.69, 9.17) is 0 Å². The normalized spacial score (nSPS) is 12.8. The molecule has 15 heavy (non-hydrogen) atoms. The zero-order valence-electron chi connectivity index (χ0n) is 9.41. The van der Waals surface area contributed by atoms with E-state index in [1.807, 2.05) is 25.3 Å². The van der Waals surface area contributed by atoms with Gasteiger partial charge in [-0.2, -0.15) is 0 Å². The van der Waals surface area contributed by atoms with Crippen molar-refractivity contribution < 1.29 is 4.79 Å². The Labute approximate surface area is 94.9 Å². The first-order valence-corrected chi connectivity index (χ1v) is 6.03. The van der Waals surface area contributed by atoms with Crippen LogP contribution in [0.15, 0.2) is 17.5 Å². The highest BCUT2D eigenvalue weighted by molar-refractivity contribution is 7.10. The minimum atomic E-state index is 0.0495. The topological polar surface area (TPSA) is 41.1 Å². The van der Waals surface area contributed by atoms with E-state index in [1.54, 1.807) is 11.3 Å². The van der Waals surface area contributed by atoms with Gasteiger partial charge in [0.25, 0.3) is 0 Å². The lowest BCUT2D eigenvalue weighted by Crippen LogP contribution is -2.38. The molecule has 0 aliphatic rings. The van der Waals surface area contributed by atoms with Gasteiger partial charge in [0.05, 0.1) is 6.54 Å². The monoisotopic (exact) mass is 226 g/mol. The summed E-state index contributed by atoms with van der Waals surface area (Å²) >= 11 is 1.70. The molecule has 2 N–H and O–H groups in total. The smallest absolute Gasteiger partial charge is 0.234 e. The van der Waals surface area contributed by atoms with Gasteiger partial charge >= 0.3 is 0 Å². The van der Waals surface area contributed by atoms with Crippen molar-refractivity contribution in [1.82, 2.24) is 10.6 Å². The second kappa shape index (κ2) is 5.88. The quantitative estimate of drug-likeness (QED) is 0.805. The molecule has 0 spiro atoms. The summed E-state index contributed by atoms with van der Waals surface area (Å²) in [7, 11) is 0. The van der Waals surface area contributed by atoms with Crippen LogP contribution in [0.25, 0.3) is 0 Å². The third kappa shape index (κ3) is 4.44. The van der Waals surface area contributed by atoms with Crippen LogP contribution in [-0.2, 0) is 4.79 Å². The molecule has 0 unspecified atom stereocenters. The molecule has 84 valence electrons. The number of rotatable bonds is 5. The van der Waals surface area contributed by atoms with Gasteiger partial charge in [-0.1, -0.05) is 6.07 Å². The van der Waals surface area contributed by atoms with Crippen molar-refractivity contribution in [2.75, 3.05) is 6.54 Å². The zero-order valence-corrected chi connectivity index (χ0v) is 10.2. The molecular weight excluding hydrogens is 208 g/mol. The highest BCUT2D eigenvalue weighted by atomic mass is 32.1. The number of amides is 1. The van der Waals surface area contributed by atoms with E-state index in [9.17, 15) is 4.79 Å². The summed E-state index contributed by atoms with van der Waals surface area (Å²) in [5, 5.41) is 8.08. The highest BCUT2D eigenvalue weighted by Gasteiger charge is 2.08. The van der Waals surface area contributed by atoms with Crippen molar-refractivity contribution in [3.63, 3.8) is 0 Å². The lowest BCUT2D eigenvalue weighted by atomic mass is 10.3. The molecule has 1 aromatic rings. The van der Waals surface area contributed by atoms with Crippen LogP contribution >= 0.6 is 11.3 Å². The molecule has 0 bridgehead atoms. The third-order valence-electron chi connectivity index (χ3n) is 1.99. The maximum atomic E-state index is 11.4. The van der Waals surface area contributed by atoms with Crippen LogP contribution in [0.4, 0.5) is 0 Å². The van der Waals surface area contributed by atoms with Gasteiger partial charge in [-0.25, -0.2) is 0 Å². The number of carbonyl (C=O) groups excluding carboxylic acids is 1. The number of nitrogens with one attached hydrogen (secondary N) is 2. The van der Waals surface area contributed by atoms with Crippen molar-refractivity contribution in [2.24, 2.45) is 0 Å². The first kappa shape index (κ1) is 12.2. The van der Waals surface area contributed by atoms with Crippen molar-refractivity contribution in [1.29, 1.82) is 0 Å². The van der Waals surface area contributed by atoms with Crippen LogP contribution in [0.3, 0.4) is 0 Å². The predicted molar refractivity (Wildman–Crippen MR) is 64.0 cm³/mol. The minimum absolute atomic E-state index is 0.0495. The summed E-state index contributed by atoms with van der Waals surface area (Å²) in [6, 6.07) is 4.54. The summed E-state index contributed by atoms with van der Waals surface area (Å²) in [5.41, 5.74) is 0. The van der Waals surface area contributed by atoms with Gasteiger partial charge in [0, 0.05) is 17.0 Å². The Morgan fingerprint density at radius 1 is 1.47 bits per heavy atom. The molecule has 1 rings (SSSR count). The third-order valence-corrected chi connectivity index (χ3v) is 3.04. The Morgan fingerprint density at radius 3 is 2.73 bits per heavy atom. The van der Waals surface area contributed by atoms with Gasteiger partial charge in [0.2, 0.25) is 5.91 Å². The largest absolute Gasteiger partial charge is 0.353 e. The van der Waals surface area contributed by atoms with Crippen LogP contribution in [0, 0.1) is 0 Å². The Hall–Kier alpha value is -0.870. The molecule has 0 saturated heterocycles. The molecule has 0 radical (unpaired) electrons. The molecule has 0 fully saturated rings. The Bertz CT molecular complexity index is 296. The Morgan fingerprint density at radius 2 is 2.20 bits per heavy atom. The fourth-order valence-electron chi connectivity index (χ4n) is 1.26. The van der Waals surface area contributed by atoms with Crippen molar-refractivity contribution in [2.45, 2.75) is 32.9 Å². The summed E-state index contributed by atoms with van der Waals surface area (Å²) in [5.74, 6) is 0.0495. The van der Waals surface area contributed by atoms with E-state index >= 15 is 0 Å². The van der Waals surface area contributed by atoms with Crippen molar-refractivity contribution >= 4 is 17.2 Å². The second-order valence-corrected chi connectivity index (χ2v) is 4.82. The molecule has 1 heterocycles. The summed E-state index contributed by atoms with van der Waals surface area (Å²) in [4.78, 5) is 12.6. The summed E-state index contributed by atoms with van der Waals surface area (Å²) in [6.45, 7) is 6.35. The maximum Gasteiger partial charge on any atom is 0.234 e. The Kier molecular flexibility index (Phi) is 4.78. The van der Waals surface area contributed by atoms with E-state index in [0.29, 0.717) is 6.54 Å². The average Bonchev–Trinajstić information content (AvgIpc) is 2.65. The van der Waals surface area contributed by atoms with E-state index in [2.05, 4.69) is 23.6 Å². The molecule has 3 nitrogen and oxygen atoms in total. The molecule has 0 aromatic carbocycles. The molecular formula is C11H18N2OS. The van der Waals surface area contributed by atoms with Crippen LogP contribution in [-0.4, -0.2) is 18.5 Å². The van der Waals surface area contributed by atoms with Gasteiger partial charge in [-0.15, -0.1) is 11.3 Å².